The summed E-state index contributed by atoms with van der Waals surface area (Å²) in [4.78, 5) is 14.5. The molecule has 2 atom stereocenters. The first-order valence-electron chi connectivity index (χ1n) is 8.68. The van der Waals surface area contributed by atoms with E-state index in [1.165, 1.54) is 11.1 Å². The molecule has 25 heavy (non-hydrogen) atoms. The minimum atomic E-state index is -0.497. The van der Waals surface area contributed by atoms with Crippen molar-refractivity contribution >= 4 is 22.6 Å². The first-order chi connectivity index (χ1) is 11.9. The van der Waals surface area contributed by atoms with E-state index in [0.29, 0.717) is 13.2 Å². The first kappa shape index (κ1) is 16.2. The van der Waals surface area contributed by atoms with Crippen molar-refractivity contribution in [2.24, 2.45) is 0 Å². The average Bonchev–Trinajstić information content (AvgIpc) is 2.99. The van der Waals surface area contributed by atoms with Crippen LogP contribution in [0, 0.1) is 0 Å². The van der Waals surface area contributed by atoms with Crippen molar-refractivity contribution in [2.75, 3.05) is 13.2 Å². The molecule has 0 aliphatic carbocycles. The van der Waals surface area contributed by atoms with E-state index >= 15 is 0 Å². The molecule has 0 N–H and O–H groups in total. The van der Waals surface area contributed by atoms with Gasteiger partial charge in [-0.3, -0.25) is 4.90 Å². The van der Waals surface area contributed by atoms with Crippen molar-refractivity contribution in [2.45, 2.75) is 44.9 Å². The Balaban J connectivity index is 1.63. The minimum absolute atomic E-state index is 0.00801. The fourth-order valence-electron chi connectivity index (χ4n) is 3.58. The van der Waals surface area contributed by atoms with Gasteiger partial charge in [0.2, 0.25) is 0 Å². The summed E-state index contributed by atoms with van der Waals surface area (Å²) in [5, 5.41) is 1.09. The number of hydrogen-bond donors (Lipinski definition) is 0. The summed E-state index contributed by atoms with van der Waals surface area (Å²) < 4.78 is 16.7. The molecule has 3 heterocycles. The third-order valence-electron chi connectivity index (χ3n) is 4.63. The number of morpholine rings is 1. The Labute approximate surface area is 147 Å². The Morgan fingerprint density at radius 2 is 2.08 bits per heavy atom. The number of nitrogens with zero attached hydrogens (tertiary/aromatic N) is 1. The highest BCUT2D eigenvalue weighted by Crippen LogP contribution is 2.34. The summed E-state index contributed by atoms with van der Waals surface area (Å²) in [6, 6.07) is 8.12. The summed E-state index contributed by atoms with van der Waals surface area (Å²) in [5.74, 6) is 0. The normalized spacial score (nSPS) is 23.5. The molecule has 2 bridgehead atoms. The van der Waals surface area contributed by atoms with Crippen LogP contribution in [0.15, 0.2) is 41.0 Å². The lowest BCUT2D eigenvalue weighted by Crippen LogP contribution is -2.57. The van der Waals surface area contributed by atoms with Crippen LogP contribution in [0.25, 0.3) is 16.5 Å². The summed E-state index contributed by atoms with van der Waals surface area (Å²) >= 11 is 0. The van der Waals surface area contributed by atoms with Gasteiger partial charge in [-0.25, -0.2) is 4.79 Å². The summed E-state index contributed by atoms with van der Waals surface area (Å²) in [6.07, 6.45) is 4.35. The maximum Gasteiger partial charge on any atom is 0.411 e. The highest BCUT2D eigenvalue weighted by Gasteiger charge is 2.40. The van der Waals surface area contributed by atoms with Crippen molar-refractivity contribution in [1.82, 2.24) is 4.90 Å². The van der Waals surface area contributed by atoms with Crippen LogP contribution in [0.1, 0.15) is 32.8 Å². The van der Waals surface area contributed by atoms with Crippen LogP contribution in [0.5, 0.6) is 0 Å². The van der Waals surface area contributed by atoms with E-state index in [4.69, 9.17) is 13.9 Å². The second-order valence-electron chi connectivity index (χ2n) is 7.72. The van der Waals surface area contributed by atoms with E-state index < -0.39 is 5.60 Å². The molecule has 1 amide bonds. The third kappa shape index (κ3) is 3.16. The highest BCUT2D eigenvalue weighted by atomic mass is 16.6. The SMILES string of the molecule is CC(C)(C)OC(=O)N1C2C=C(c3ccc4occc4c3)CC1COC2. The second-order valence-corrected chi connectivity index (χ2v) is 7.72. The molecule has 5 heteroatoms. The van der Waals surface area contributed by atoms with Crippen molar-refractivity contribution in [1.29, 1.82) is 0 Å². The van der Waals surface area contributed by atoms with Gasteiger partial charge in [0.25, 0.3) is 0 Å². The van der Waals surface area contributed by atoms with Gasteiger partial charge in [-0.05, 0) is 56.5 Å². The Morgan fingerprint density at radius 3 is 2.84 bits per heavy atom. The fourth-order valence-corrected chi connectivity index (χ4v) is 3.58. The quantitative estimate of drug-likeness (QED) is 0.779. The molecule has 1 saturated heterocycles. The van der Waals surface area contributed by atoms with Crippen LogP contribution in [-0.2, 0) is 9.47 Å². The van der Waals surface area contributed by atoms with Gasteiger partial charge in [0, 0.05) is 5.39 Å². The molecular weight excluding hydrogens is 318 g/mol. The van der Waals surface area contributed by atoms with E-state index in [-0.39, 0.29) is 18.2 Å². The molecule has 1 aromatic carbocycles. The Kier molecular flexibility index (Phi) is 3.84. The predicted molar refractivity (Wildman–Crippen MR) is 95.3 cm³/mol. The number of rotatable bonds is 1. The van der Waals surface area contributed by atoms with Crippen LogP contribution in [0.2, 0.25) is 0 Å². The van der Waals surface area contributed by atoms with Gasteiger partial charge in [-0.2, -0.15) is 0 Å². The van der Waals surface area contributed by atoms with Crippen LogP contribution in [0.4, 0.5) is 4.79 Å². The molecule has 0 spiro atoms. The van der Waals surface area contributed by atoms with Crippen LogP contribution >= 0.6 is 0 Å². The largest absolute Gasteiger partial charge is 0.464 e. The lowest BCUT2D eigenvalue weighted by Gasteiger charge is -2.44. The van der Waals surface area contributed by atoms with Gasteiger partial charge in [0.15, 0.2) is 0 Å². The first-order valence-corrected chi connectivity index (χ1v) is 8.68. The standard InChI is InChI=1S/C20H23NO4/c1-20(2,3)25-19(22)21-16-9-15(10-17(21)12-23-11-16)13-4-5-18-14(8-13)6-7-24-18/h4-9,16-17H,10-12H2,1-3H3. The molecule has 132 valence electrons. The number of benzene rings is 1. The van der Waals surface area contributed by atoms with Crippen molar-refractivity contribution in [3.05, 3.63) is 42.2 Å². The fraction of sp³-hybridized carbons (Fsp3) is 0.450. The molecule has 4 rings (SSSR count). The average molecular weight is 341 g/mol. The second kappa shape index (κ2) is 5.92. The molecule has 1 fully saturated rings. The summed E-state index contributed by atoms with van der Waals surface area (Å²) in [7, 11) is 0. The zero-order chi connectivity index (χ0) is 17.6. The van der Waals surface area contributed by atoms with E-state index in [1.807, 2.05) is 37.8 Å². The lowest BCUT2D eigenvalue weighted by molar-refractivity contribution is -0.0510. The molecule has 2 unspecified atom stereocenters. The number of hydrogen-bond acceptors (Lipinski definition) is 4. The molecule has 0 radical (unpaired) electrons. The van der Waals surface area contributed by atoms with Gasteiger partial charge < -0.3 is 13.9 Å². The molecule has 2 aliphatic heterocycles. The van der Waals surface area contributed by atoms with E-state index in [1.54, 1.807) is 6.26 Å². The van der Waals surface area contributed by atoms with Gasteiger partial charge in [-0.1, -0.05) is 12.1 Å². The van der Waals surface area contributed by atoms with Gasteiger partial charge in [0.1, 0.15) is 11.2 Å². The number of carbonyl (C=O) groups is 1. The van der Waals surface area contributed by atoms with Crippen LogP contribution in [0.3, 0.4) is 0 Å². The molecule has 2 aliphatic rings. The van der Waals surface area contributed by atoms with Gasteiger partial charge in [-0.15, -0.1) is 0 Å². The minimum Gasteiger partial charge on any atom is -0.464 e. The van der Waals surface area contributed by atoms with Crippen molar-refractivity contribution in [3.8, 4) is 0 Å². The van der Waals surface area contributed by atoms with Crippen LogP contribution < -0.4 is 0 Å². The number of furan rings is 1. The summed E-state index contributed by atoms with van der Waals surface area (Å²) in [6.45, 7) is 6.72. The molecular formula is C20H23NO4. The zero-order valence-electron chi connectivity index (χ0n) is 14.8. The van der Waals surface area contributed by atoms with E-state index in [2.05, 4.69) is 18.2 Å². The Morgan fingerprint density at radius 1 is 1.24 bits per heavy atom. The van der Waals surface area contributed by atoms with Gasteiger partial charge >= 0.3 is 6.09 Å². The third-order valence-corrected chi connectivity index (χ3v) is 4.63. The van der Waals surface area contributed by atoms with Crippen molar-refractivity contribution in [3.63, 3.8) is 0 Å². The number of amides is 1. The monoisotopic (exact) mass is 341 g/mol. The Hall–Kier alpha value is -2.27. The maximum absolute atomic E-state index is 12.6. The highest BCUT2D eigenvalue weighted by molar-refractivity contribution is 5.83. The molecule has 1 aromatic heterocycles. The summed E-state index contributed by atoms with van der Waals surface area (Å²) in [5.41, 5.74) is 2.82. The van der Waals surface area contributed by atoms with Gasteiger partial charge in [0.05, 0.1) is 31.6 Å². The number of carbonyl (C=O) groups excluding carboxylic acids is 1. The zero-order valence-corrected chi connectivity index (χ0v) is 14.8. The molecule has 2 aromatic rings. The smallest absolute Gasteiger partial charge is 0.411 e. The molecule has 0 saturated carbocycles. The predicted octanol–water partition coefficient (Wildman–Crippen LogP) is 4.22. The number of ether oxygens (including phenoxy) is 2. The van der Waals surface area contributed by atoms with E-state index in [0.717, 1.165) is 17.4 Å². The van der Waals surface area contributed by atoms with E-state index in [9.17, 15) is 4.79 Å². The number of fused-ring (bicyclic) bond motifs is 3. The Bertz CT molecular complexity index is 830. The molecule has 5 nitrogen and oxygen atoms in total. The lowest BCUT2D eigenvalue weighted by atomic mass is 9.89. The topological polar surface area (TPSA) is 51.9 Å². The van der Waals surface area contributed by atoms with Crippen molar-refractivity contribution < 1.29 is 18.7 Å². The maximum atomic E-state index is 12.6. The van der Waals surface area contributed by atoms with Crippen LogP contribution in [-0.4, -0.2) is 41.9 Å².